The third-order valence-electron chi connectivity index (χ3n) is 2.51. The van der Waals surface area contributed by atoms with Gasteiger partial charge in [0.25, 0.3) is 0 Å². The zero-order chi connectivity index (χ0) is 13.8. The molecule has 0 amide bonds. The molecule has 1 rings (SSSR count). The largest absolute Gasteiger partial charge is 0.315 e. The summed E-state index contributed by atoms with van der Waals surface area (Å²) in [5.74, 6) is 0.645. The number of nitrogens with zero attached hydrogens (tertiary/aromatic N) is 1. The molecule has 0 aromatic carbocycles. The summed E-state index contributed by atoms with van der Waals surface area (Å²) in [4.78, 5) is 5.64. The Kier molecular flexibility index (Phi) is 5.75. The van der Waals surface area contributed by atoms with E-state index in [9.17, 15) is 8.42 Å². The topological polar surface area (TPSA) is 59.1 Å². The van der Waals surface area contributed by atoms with Crippen LogP contribution in [0.25, 0.3) is 0 Å². The number of sulfone groups is 1. The third-order valence-corrected chi connectivity index (χ3v) is 5.51. The van der Waals surface area contributed by atoms with Gasteiger partial charge in [-0.05, 0) is 19.4 Å². The van der Waals surface area contributed by atoms with Crippen molar-refractivity contribution in [2.24, 2.45) is 0 Å². The van der Waals surface area contributed by atoms with Crippen molar-refractivity contribution < 1.29 is 8.42 Å². The summed E-state index contributed by atoms with van der Waals surface area (Å²) in [6.45, 7) is 6.79. The van der Waals surface area contributed by atoms with Crippen LogP contribution in [0, 0.1) is 0 Å². The maximum Gasteiger partial charge on any atom is 0.156 e. The summed E-state index contributed by atoms with van der Waals surface area (Å²) in [6, 6.07) is 0. The highest BCUT2D eigenvalue weighted by molar-refractivity contribution is 7.90. The van der Waals surface area contributed by atoms with Crippen LogP contribution in [-0.4, -0.2) is 26.2 Å². The smallest absolute Gasteiger partial charge is 0.156 e. The highest BCUT2D eigenvalue weighted by Crippen LogP contribution is 2.26. The molecule has 0 radical (unpaired) electrons. The summed E-state index contributed by atoms with van der Waals surface area (Å²) >= 11 is 1.51. The van der Waals surface area contributed by atoms with Crippen molar-refractivity contribution in [1.29, 1.82) is 0 Å². The molecule has 0 aliphatic heterocycles. The second-order valence-electron chi connectivity index (χ2n) is 4.69. The third kappa shape index (κ3) is 4.33. The molecule has 4 nitrogen and oxygen atoms in total. The van der Waals surface area contributed by atoms with Crippen LogP contribution in [0.15, 0.2) is 0 Å². The van der Waals surface area contributed by atoms with E-state index in [0.717, 1.165) is 22.1 Å². The highest BCUT2D eigenvalue weighted by atomic mass is 32.2. The predicted molar refractivity (Wildman–Crippen MR) is 76.7 cm³/mol. The lowest BCUT2D eigenvalue weighted by Crippen LogP contribution is -2.08. The van der Waals surface area contributed by atoms with Gasteiger partial charge in [0.2, 0.25) is 0 Å². The Morgan fingerprint density at radius 1 is 1.39 bits per heavy atom. The van der Waals surface area contributed by atoms with E-state index in [1.807, 2.05) is 14.0 Å². The molecule has 0 saturated heterocycles. The molecule has 1 heterocycles. The summed E-state index contributed by atoms with van der Waals surface area (Å²) in [6.07, 6.45) is 0.661. The maximum absolute atomic E-state index is 11.8. The van der Waals surface area contributed by atoms with E-state index in [0.29, 0.717) is 12.3 Å². The van der Waals surface area contributed by atoms with E-state index in [2.05, 4.69) is 24.1 Å². The maximum atomic E-state index is 11.8. The zero-order valence-corrected chi connectivity index (χ0v) is 13.1. The van der Waals surface area contributed by atoms with Crippen molar-refractivity contribution in [2.75, 3.05) is 12.8 Å². The Balaban J connectivity index is 2.94. The van der Waals surface area contributed by atoms with E-state index in [-0.39, 0.29) is 11.5 Å². The first-order chi connectivity index (χ1) is 8.39. The first-order valence-corrected chi connectivity index (χ1v) is 8.87. The Labute approximate surface area is 114 Å². The molecule has 0 spiro atoms. The molecule has 6 heteroatoms. The second-order valence-corrected chi connectivity index (χ2v) is 8.05. The lowest BCUT2D eigenvalue weighted by atomic mass is 10.1. The van der Waals surface area contributed by atoms with Crippen molar-refractivity contribution in [2.45, 2.75) is 45.4 Å². The van der Waals surface area contributed by atoms with Gasteiger partial charge in [-0.15, -0.1) is 11.3 Å². The van der Waals surface area contributed by atoms with E-state index < -0.39 is 9.84 Å². The van der Waals surface area contributed by atoms with Gasteiger partial charge in [0.1, 0.15) is 10.8 Å². The first kappa shape index (κ1) is 15.6. The van der Waals surface area contributed by atoms with E-state index in [1.54, 1.807) is 0 Å². The standard InChI is InChI=1S/C12H22N2O2S2/c1-5-6-18(15,16)8-11-14-12(9(2)3)10(17-11)7-13-4/h9,13H,5-8H2,1-4H3. The lowest BCUT2D eigenvalue weighted by Gasteiger charge is -2.03. The molecule has 0 bridgehead atoms. The average Bonchev–Trinajstić information content (AvgIpc) is 2.60. The summed E-state index contributed by atoms with van der Waals surface area (Å²) in [5.41, 5.74) is 1.02. The zero-order valence-electron chi connectivity index (χ0n) is 11.5. The van der Waals surface area contributed by atoms with Gasteiger partial charge in [0, 0.05) is 11.4 Å². The highest BCUT2D eigenvalue weighted by Gasteiger charge is 2.18. The van der Waals surface area contributed by atoms with Crippen molar-refractivity contribution in [3.63, 3.8) is 0 Å². The monoisotopic (exact) mass is 290 g/mol. The van der Waals surface area contributed by atoms with Crippen LogP contribution < -0.4 is 5.32 Å². The Bertz CT molecular complexity index is 478. The molecule has 0 aliphatic rings. The van der Waals surface area contributed by atoms with Gasteiger partial charge < -0.3 is 5.32 Å². The van der Waals surface area contributed by atoms with Crippen molar-refractivity contribution >= 4 is 21.2 Å². The first-order valence-electron chi connectivity index (χ1n) is 6.23. The fourth-order valence-electron chi connectivity index (χ4n) is 1.79. The molecule has 0 fully saturated rings. The van der Waals surface area contributed by atoms with Gasteiger partial charge >= 0.3 is 0 Å². The van der Waals surface area contributed by atoms with E-state index >= 15 is 0 Å². The minimum atomic E-state index is -3.00. The Morgan fingerprint density at radius 3 is 2.56 bits per heavy atom. The number of thiazole rings is 1. The lowest BCUT2D eigenvalue weighted by molar-refractivity contribution is 0.593. The number of hydrogen-bond donors (Lipinski definition) is 1. The van der Waals surface area contributed by atoms with Crippen molar-refractivity contribution in [1.82, 2.24) is 10.3 Å². The molecule has 1 N–H and O–H groups in total. The number of hydrogen-bond acceptors (Lipinski definition) is 5. The van der Waals surface area contributed by atoms with Crippen LogP contribution >= 0.6 is 11.3 Å². The van der Waals surface area contributed by atoms with Gasteiger partial charge in [-0.1, -0.05) is 20.8 Å². The van der Waals surface area contributed by atoms with Gasteiger partial charge in [0.15, 0.2) is 9.84 Å². The minimum absolute atomic E-state index is 0.0783. The molecule has 0 atom stereocenters. The SMILES string of the molecule is CCCS(=O)(=O)Cc1nc(C(C)C)c(CNC)s1. The van der Waals surface area contributed by atoms with Gasteiger partial charge in [-0.25, -0.2) is 13.4 Å². The second kappa shape index (κ2) is 6.63. The fraction of sp³-hybridized carbons (Fsp3) is 0.750. The van der Waals surface area contributed by atoms with Crippen LogP contribution in [0.5, 0.6) is 0 Å². The summed E-state index contributed by atoms with van der Waals surface area (Å²) in [5, 5.41) is 3.82. The fourth-order valence-corrected chi connectivity index (χ4v) is 4.80. The van der Waals surface area contributed by atoms with Crippen LogP contribution in [0.3, 0.4) is 0 Å². The molecule has 0 aliphatic carbocycles. The minimum Gasteiger partial charge on any atom is -0.315 e. The molecule has 104 valence electrons. The summed E-state index contributed by atoms with van der Waals surface area (Å²) in [7, 11) is -1.12. The summed E-state index contributed by atoms with van der Waals surface area (Å²) < 4.78 is 23.6. The molecule has 18 heavy (non-hydrogen) atoms. The molecular weight excluding hydrogens is 268 g/mol. The predicted octanol–water partition coefficient (Wildman–Crippen LogP) is 2.31. The van der Waals surface area contributed by atoms with Crippen molar-refractivity contribution in [3.8, 4) is 0 Å². The van der Waals surface area contributed by atoms with Gasteiger partial charge in [-0.2, -0.15) is 0 Å². The van der Waals surface area contributed by atoms with E-state index in [1.165, 1.54) is 11.3 Å². The Hall–Kier alpha value is -0.460. The normalized spacial score (nSPS) is 12.3. The van der Waals surface area contributed by atoms with Crippen LogP contribution in [0.4, 0.5) is 0 Å². The number of aromatic nitrogens is 1. The van der Waals surface area contributed by atoms with Crippen LogP contribution in [-0.2, 0) is 22.1 Å². The van der Waals surface area contributed by atoms with Gasteiger partial charge in [0.05, 0.1) is 11.4 Å². The van der Waals surface area contributed by atoms with Crippen molar-refractivity contribution in [3.05, 3.63) is 15.6 Å². The average molecular weight is 290 g/mol. The Morgan fingerprint density at radius 2 is 2.06 bits per heavy atom. The van der Waals surface area contributed by atoms with Crippen LogP contribution in [0.2, 0.25) is 0 Å². The molecule has 0 unspecified atom stereocenters. The molecule has 0 saturated carbocycles. The molecular formula is C12H22N2O2S2. The number of rotatable bonds is 7. The van der Waals surface area contributed by atoms with Crippen LogP contribution in [0.1, 0.15) is 48.7 Å². The van der Waals surface area contributed by atoms with E-state index in [4.69, 9.17) is 0 Å². The molecule has 1 aromatic rings. The molecule has 1 aromatic heterocycles. The number of nitrogens with one attached hydrogen (secondary N) is 1. The van der Waals surface area contributed by atoms with Gasteiger partial charge in [-0.3, -0.25) is 0 Å². The quantitative estimate of drug-likeness (QED) is 0.837.